The number of phenols is 1. The summed E-state index contributed by atoms with van der Waals surface area (Å²) in [5.74, 6) is 0.160. The highest BCUT2D eigenvalue weighted by molar-refractivity contribution is 14.1. The second-order valence-electron chi connectivity index (χ2n) is 8.33. The lowest BCUT2D eigenvalue weighted by molar-refractivity contribution is -0.139. The van der Waals surface area contributed by atoms with Crippen LogP contribution in [0.25, 0.3) is 6.08 Å². The Labute approximate surface area is 239 Å². The SMILES string of the molecule is CCOC(=O)C1=C(C)N=c2sc(=Cc3cc(I)cc(I)c3O)c(=O)n2C1c1ccccc1OC(C)C. The van der Waals surface area contributed by atoms with E-state index in [1.165, 1.54) is 15.9 Å². The van der Waals surface area contributed by atoms with Gasteiger partial charge in [0.1, 0.15) is 17.5 Å². The van der Waals surface area contributed by atoms with Crippen LogP contribution < -0.4 is 19.6 Å². The van der Waals surface area contributed by atoms with Crippen LogP contribution in [0.1, 0.15) is 44.9 Å². The van der Waals surface area contributed by atoms with Crippen molar-refractivity contribution in [3.8, 4) is 11.5 Å². The third kappa shape index (κ3) is 5.25. The van der Waals surface area contributed by atoms with Gasteiger partial charge in [-0.3, -0.25) is 9.36 Å². The molecule has 0 spiro atoms. The fraction of sp³-hybridized carbons (Fsp3) is 0.269. The lowest BCUT2D eigenvalue weighted by Crippen LogP contribution is -2.40. The molecule has 1 unspecified atom stereocenters. The number of benzene rings is 2. The first-order chi connectivity index (χ1) is 17.1. The van der Waals surface area contributed by atoms with Crippen molar-refractivity contribution >= 4 is 68.6 Å². The third-order valence-corrected chi connectivity index (χ3v) is 7.87. The molecule has 3 aromatic rings. The second kappa shape index (κ2) is 11.1. The maximum atomic E-state index is 13.8. The minimum atomic E-state index is -0.776. The number of hydrogen-bond acceptors (Lipinski definition) is 7. The van der Waals surface area contributed by atoms with Crippen molar-refractivity contribution in [2.45, 2.75) is 39.8 Å². The van der Waals surface area contributed by atoms with Crippen LogP contribution in [-0.4, -0.2) is 28.4 Å². The first kappa shape index (κ1) is 26.9. The molecular formula is C26H24I2N2O5S. The highest BCUT2D eigenvalue weighted by atomic mass is 127. The molecule has 2 heterocycles. The minimum Gasteiger partial charge on any atom is -0.506 e. The van der Waals surface area contributed by atoms with Crippen molar-refractivity contribution in [1.29, 1.82) is 0 Å². The Balaban J connectivity index is 2.01. The number of aromatic hydroxyl groups is 1. The molecule has 0 saturated carbocycles. The number of carbonyl (C=O) groups is 1. The van der Waals surface area contributed by atoms with E-state index in [1.807, 2.05) is 50.2 Å². The van der Waals surface area contributed by atoms with Gasteiger partial charge in [0.05, 0.1) is 32.1 Å². The van der Waals surface area contributed by atoms with Crippen molar-refractivity contribution < 1.29 is 19.4 Å². The van der Waals surface area contributed by atoms with Gasteiger partial charge in [0, 0.05) is 14.7 Å². The summed E-state index contributed by atoms with van der Waals surface area (Å²) >= 11 is 5.45. The molecule has 36 heavy (non-hydrogen) atoms. The van der Waals surface area contributed by atoms with Crippen LogP contribution in [-0.2, 0) is 9.53 Å². The molecule has 0 radical (unpaired) electrons. The van der Waals surface area contributed by atoms with Gasteiger partial charge in [-0.2, -0.15) is 0 Å². The van der Waals surface area contributed by atoms with Crippen LogP contribution in [0.15, 0.2) is 57.5 Å². The molecular weight excluding hydrogens is 706 g/mol. The number of aromatic nitrogens is 1. The van der Waals surface area contributed by atoms with Gasteiger partial charge in [-0.1, -0.05) is 29.5 Å². The number of esters is 1. The summed E-state index contributed by atoms with van der Waals surface area (Å²) in [5.41, 5.74) is 1.67. The molecule has 0 saturated heterocycles. The zero-order valence-electron chi connectivity index (χ0n) is 20.0. The molecule has 1 aliphatic heterocycles. The zero-order valence-corrected chi connectivity index (χ0v) is 25.2. The van der Waals surface area contributed by atoms with E-state index in [0.717, 1.165) is 3.57 Å². The summed E-state index contributed by atoms with van der Waals surface area (Å²) in [6, 6.07) is 10.3. The Bertz CT molecular complexity index is 1560. The van der Waals surface area contributed by atoms with Gasteiger partial charge in [-0.05, 0) is 97.2 Å². The molecule has 188 valence electrons. The highest BCUT2D eigenvalue weighted by Gasteiger charge is 2.35. The minimum absolute atomic E-state index is 0.107. The van der Waals surface area contributed by atoms with Gasteiger partial charge in [0.15, 0.2) is 4.80 Å². The molecule has 10 heteroatoms. The molecule has 1 aromatic heterocycles. The summed E-state index contributed by atoms with van der Waals surface area (Å²) in [6.07, 6.45) is 1.56. The summed E-state index contributed by atoms with van der Waals surface area (Å²) in [6.45, 7) is 7.52. The van der Waals surface area contributed by atoms with Crippen LogP contribution in [0.5, 0.6) is 11.5 Å². The van der Waals surface area contributed by atoms with Gasteiger partial charge in [0.2, 0.25) is 0 Å². The number of nitrogens with zero attached hydrogens (tertiary/aromatic N) is 2. The van der Waals surface area contributed by atoms with Gasteiger partial charge >= 0.3 is 5.97 Å². The third-order valence-electron chi connectivity index (χ3n) is 5.44. The number of thiazole rings is 1. The molecule has 0 aliphatic carbocycles. The van der Waals surface area contributed by atoms with E-state index >= 15 is 0 Å². The number of fused-ring (bicyclic) bond motifs is 1. The van der Waals surface area contributed by atoms with Crippen LogP contribution in [0.4, 0.5) is 0 Å². The van der Waals surface area contributed by atoms with E-state index in [4.69, 9.17) is 9.47 Å². The predicted molar refractivity (Wildman–Crippen MR) is 156 cm³/mol. The number of para-hydroxylation sites is 1. The zero-order chi connectivity index (χ0) is 26.1. The molecule has 0 fully saturated rings. The molecule has 1 N–H and O–H groups in total. The maximum absolute atomic E-state index is 13.8. The Morgan fingerprint density at radius 3 is 2.69 bits per heavy atom. The largest absolute Gasteiger partial charge is 0.506 e. The molecule has 2 aromatic carbocycles. The summed E-state index contributed by atoms with van der Waals surface area (Å²) < 4.78 is 15.0. The molecule has 0 amide bonds. The van der Waals surface area contributed by atoms with Crippen LogP contribution >= 0.6 is 56.5 Å². The quantitative estimate of drug-likeness (QED) is 0.298. The number of allylic oxidation sites excluding steroid dienone is 1. The van der Waals surface area contributed by atoms with Gasteiger partial charge in [-0.25, -0.2) is 9.79 Å². The fourth-order valence-electron chi connectivity index (χ4n) is 3.99. The van der Waals surface area contributed by atoms with E-state index in [2.05, 4.69) is 50.2 Å². The number of rotatable bonds is 6. The predicted octanol–water partition coefficient (Wildman–Crippen LogP) is 4.50. The van der Waals surface area contributed by atoms with Gasteiger partial charge in [0.25, 0.3) is 5.56 Å². The first-order valence-electron chi connectivity index (χ1n) is 11.3. The lowest BCUT2D eigenvalue weighted by atomic mass is 9.95. The number of phenolic OH excluding ortho intramolecular Hbond substituents is 1. The lowest BCUT2D eigenvalue weighted by Gasteiger charge is -2.26. The van der Waals surface area contributed by atoms with E-state index in [0.29, 0.717) is 41.1 Å². The first-order valence-corrected chi connectivity index (χ1v) is 14.2. The van der Waals surface area contributed by atoms with E-state index < -0.39 is 12.0 Å². The van der Waals surface area contributed by atoms with Crippen molar-refractivity contribution in [3.63, 3.8) is 0 Å². The monoisotopic (exact) mass is 730 g/mol. The molecule has 7 nitrogen and oxygen atoms in total. The van der Waals surface area contributed by atoms with Crippen molar-refractivity contribution in [1.82, 2.24) is 4.57 Å². The molecule has 1 atom stereocenters. The van der Waals surface area contributed by atoms with Crippen molar-refractivity contribution in [3.05, 3.63) is 85.6 Å². The average molecular weight is 730 g/mol. The van der Waals surface area contributed by atoms with Crippen molar-refractivity contribution in [2.75, 3.05) is 6.61 Å². The Morgan fingerprint density at radius 1 is 1.28 bits per heavy atom. The number of ether oxygens (including phenoxy) is 2. The smallest absolute Gasteiger partial charge is 0.338 e. The highest BCUT2D eigenvalue weighted by Crippen LogP contribution is 2.36. The maximum Gasteiger partial charge on any atom is 0.338 e. The second-order valence-corrected chi connectivity index (χ2v) is 11.7. The number of carbonyl (C=O) groups excluding carboxylic acids is 1. The molecule has 4 rings (SSSR count). The van der Waals surface area contributed by atoms with Gasteiger partial charge in [-0.15, -0.1) is 0 Å². The normalized spacial score (nSPS) is 15.6. The van der Waals surface area contributed by atoms with E-state index in [1.54, 1.807) is 19.9 Å². The Kier molecular flexibility index (Phi) is 8.25. The number of halogens is 2. The standard InChI is InChI=1S/C26H24I2N2O5S/c1-5-34-25(33)21-14(4)29-26-30(22(21)17-8-6-7-9-19(17)35-13(2)3)24(32)20(36-26)11-15-10-16(27)12-18(28)23(15)31/h6-13,22,31H,5H2,1-4H3. The molecule has 0 bridgehead atoms. The van der Waals surface area contributed by atoms with Gasteiger partial charge < -0.3 is 14.6 Å². The average Bonchev–Trinajstić information content (AvgIpc) is 3.11. The Morgan fingerprint density at radius 2 is 2.00 bits per heavy atom. The Hall–Kier alpha value is -2.19. The molecule has 1 aliphatic rings. The topological polar surface area (TPSA) is 90.1 Å². The summed E-state index contributed by atoms with van der Waals surface area (Å²) in [7, 11) is 0. The van der Waals surface area contributed by atoms with Crippen LogP contribution in [0, 0.1) is 7.14 Å². The van der Waals surface area contributed by atoms with E-state index in [-0.39, 0.29) is 24.0 Å². The van der Waals surface area contributed by atoms with Crippen molar-refractivity contribution in [2.24, 2.45) is 4.99 Å². The summed E-state index contributed by atoms with van der Waals surface area (Å²) in [5, 5.41) is 10.6. The number of hydrogen-bond donors (Lipinski definition) is 1. The van der Waals surface area contributed by atoms with Crippen LogP contribution in [0.3, 0.4) is 0 Å². The van der Waals surface area contributed by atoms with Crippen LogP contribution in [0.2, 0.25) is 0 Å². The fourth-order valence-corrected chi connectivity index (χ4v) is 6.92. The summed E-state index contributed by atoms with van der Waals surface area (Å²) in [4.78, 5) is 32.0. The van der Waals surface area contributed by atoms with E-state index in [9.17, 15) is 14.7 Å².